The van der Waals surface area contributed by atoms with Crippen molar-refractivity contribution in [3.8, 4) is 0 Å². The highest BCUT2D eigenvalue weighted by atomic mass is 19.4. The Morgan fingerprint density at radius 2 is 2.08 bits per heavy atom. The van der Waals surface area contributed by atoms with E-state index in [2.05, 4.69) is 5.32 Å². The molecule has 68 valence electrons. The molecule has 3 N–H and O–H groups in total. The summed E-state index contributed by atoms with van der Waals surface area (Å²) in [6.45, 7) is 1.41. The molecule has 0 saturated carbocycles. The molecular weight excluding hydrogens is 175 g/mol. The molecule has 12 heavy (non-hydrogen) atoms. The van der Waals surface area contributed by atoms with Crippen LogP contribution in [-0.2, 0) is 0 Å². The van der Waals surface area contributed by atoms with Crippen LogP contribution in [0.3, 0.4) is 0 Å². The predicted molar refractivity (Wildman–Crippen MR) is 33.2 cm³/mol. The van der Waals surface area contributed by atoms with Gasteiger partial charge in [-0.1, -0.05) is 0 Å². The normalized spacial score (nSPS) is 24.2. The van der Waals surface area contributed by atoms with Gasteiger partial charge in [-0.3, -0.25) is 5.32 Å². The quantitative estimate of drug-likeness (QED) is 0.428. The van der Waals surface area contributed by atoms with E-state index in [0.29, 0.717) is 0 Å². The zero-order chi connectivity index (χ0) is 9.35. The largest absolute Gasteiger partial charge is 0.494 e. The van der Waals surface area contributed by atoms with E-state index in [0.717, 1.165) is 0 Å². The molecule has 1 heterocycles. The third kappa shape index (κ3) is 1.86. The number of rotatable bonds is 0. The lowest BCUT2D eigenvalue weighted by Crippen LogP contribution is -2.91. The first kappa shape index (κ1) is 8.82. The van der Waals surface area contributed by atoms with Crippen LogP contribution in [0.15, 0.2) is 0 Å². The van der Waals surface area contributed by atoms with Crippen LogP contribution in [0.25, 0.3) is 0 Å². The molecule has 2 amide bonds. The minimum absolute atomic E-state index is 0.713. The highest BCUT2D eigenvalue weighted by Crippen LogP contribution is 2.13. The first-order valence-electron chi connectivity index (χ1n) is 3.18. The van der Waals surface area contributed by atoms with Gasteiger partial charge in [-0.05, 0) is 6.92 Å². The lowest BCUT2D eigenvalue weighted by molar-refractivity contribution is -0.515. The van der Waals surface area contributed by atoms with Crippen molar-refractivity contribution in [3.63, 3.8) is 0 Å². The Morgan fingerprint density at radius 3 is 2.50 bits per heavy atom. The lowest BCUT2D eigenvalue weighted by Gasteiger charge is -2.14. The molecule has 1 unspecified atom stereocenters. The van der Waals surface area contributed by atoms with Crippen molar-refractivity contribution in [2.75, 3.05) is 0 Å². The molecule has 7 heteroatoms. The maximum absolute atomic E-state index is 11.9. The summed E-state index contributed by atoms with van der Waals surface area (Å²) in [5.41, 5.74) is 0. The van der Waals surface area contributed by atoms with Crippen molar-refractivity contribution >= 4 is 11.9 Å². The van der Waals surface area contributed by atoms with Crippen LogP contribution in [-0.4, -0.2) is 24.2 Å². The Labute approximate surface area is 65.8 Å². The minimum Gasteiger partial charge on any atom is -0.279 e. The van der Waals surface area contributed by atoms with Crippen molar-refractivity contribution in [2.24, 2.45) is 0 Å². The molecule has 0 aromatic carbocycles. The second kappa shape index (κ2) is 2.65. The molecule has 1 atom stereocenters. The number of alkyl halides is 3. The third-order valence-electron chi connectivity index (χ3n) is 1.23. The van der Waals surface area contributed by atoms with Gasteiger partial charge in [0, 0.05) is 0 Å². The molecule has 1 rings (SSSR count). The van der Waals surface area contributed by atoms with Crippen LogP contribution in [0.5, 0.6) is 0 Å². The first-order chi connectivity index (χ1) is 5.39. The van der Waals surface area contributed by atoms with E-state index in [1.807, 2.05) is 4.99 Å². The highest BCUT2D eigenvalue weighted by Gasteiger charge is 2.45. The molecule has 1 aliphatic heterocycles. The number of carbonyl (C=O) groups excluding carboxylic acids is 1. The Morgan fingerprint density at radius 1 is 1.50 bits per heavy atom. The summed E-state index contributed by atoms with van der Waals surface area (Å²) >= 11 is 0. The molecule has 0 bridgehead atoms. The zero-order valence-corrected chi connectivity index (χ0v) is 6.12. The summed E-state index contributed by atoms with van der Waals surface area (Å²) in [7, 11) is 0. The van der Waals surface area contributed by atoms with Gasteiger partial charge in [0.15, 0.2) is 6.17 Å². The fraction of sp³-hybridized carbons (Fsp3) is 0.600. The molecule has 4 nitrogen and oxygen atoms in total. The first-order valence-corrected chi connectivity index (χ1v) is 3.18. The molecule has 0 aromatic rings. The van der Waals surface area contributed by atoms with E-state index >= 15 is 0 Å². The lowest BCUT2D eigenvalue weighted by atomic mass is 10.4. The van der Waals surface area contributed by atoms with E-state index in [9.17, 15) is 18.0 Å². The number of hydrogen-bond acceptors (Lipinski definition) is 1. The maximum atomic E-state index is 11.9. The summed E-state index contributed by atoms with van der Waals surface area (Å²) in [5, 5.41) is 3.82. The van der Waals surface area contributed by atoms with Gasteiger partial charge in [-0.15, -0.1) is 0 Å². The standard InChI is InChI=1S/C5H6F3N3O/c1-2-9-3(5(6,7)8)11-4(12)10-2/h2H,1H3,(H2,9,10,11,12)/p+1. The topological polar surface area (TPSA) is 55.1 Å². The third-order valence-corrected chi connectivity index (χ3v) is 1.23. The Bertz CT molecular complexity index is 235. The Hall–Kier alpha value is -1.27. The fourth-order valence-electron chi connectivity index (χ4n) is 0.788. The van der Waals surface area contributed by atoms with E-state index in [-0.39, 0.29) is 0 Å². The number of carbonyl (C=O) groups is 1. The number of nitrogens with one attached hydrogen (secondary N) is 3. The fourth-order valence-corrected chi connectivity index (χ4v) is 0.788. The number of amides is 2. The number of halogens is 3. The summed E-state index contributed by atoms with van der Waals surface area (Å²) in [6.07, 6.45) is -5.25. The van der Waals surface area contributed by atoms with Gasteiger partial charge >= 0.3 is 18.0 Å². The second-order valence-corrected chi connectivity index (χ2v) is 2.34. The smallest absolute Gasteiger partial charge is 0.279 e. The van der Waals surface area contributed by atoms with Gasteiger partial charge in [-0.2, -0.15) is 18.5 Å². The van der Waals surface area contributed by atoms with Gasteiger partial charge in [0.25, 0.3) is 0 Å². The van der Waals surface area contributed by atoms with Crippen LogP contribution in [0, 0.1) is 0 Å². The van der Waals surface area contributed by atoms with Gasteiger partial charge < -0.3 is 0 Å². The van der Waals surface area contributed by atoms with Crippen molar-refractivity contribution < 1.29 is 23.0 Å². The Balaban J connectivity index is 2.84. The highest BCUT2D eigenvalue weighted by molar-refractivity contribution is 5.98. The molecule has 0 saturated heterocycles. The summed E-state index contributed by atoms with van der Waals surface area (Å²) in [6, 6.07) is -0.853. The van der Waals surface area contributed by atoms with Crippen LogP contribution in [0.1, 0.15) is 6.92 Å². The van der Waals surface area contributed by atoms with Crippen LogP contribution < -0.4 is 15.6 Å². The maximum Gasteiger partial charge on any atom is 0.494 e. The van der Waals surface area contributed by atoms with Gasteiger partial charge in [0.1, 0.15) is 0 Å². The van der Waals surface area contributed by atoms with E-state index in [4.69, 9.17) is 0 Å². The van der Waals surface area contributed by atoms with Crippen LogP contribution >= 0.6 is 0 Å². The van der Waals surface area contributed by atoms with Crippen molar-refractivity contribution in [1.29, 1.82) is 0 Å². The average molecular weight is 182 g/mol. The molecule has 1 aliphatic rings. The monoisotopic (exact) mass is 182 g/mol. The van der Waals surface area contributed by atoms with E-state index < -0.39 is 24.2 Å². The van der Waals surface area contributed by atoms with Crippen molar-refractivity contribution in [2.45, 2.75) is 19.3 Å². The molecule has 0 spiro atoms. The predicted octanol–water partition coefficient (Wildman–Crippen LogP) is -1.31. The summed E-state index contributed by atoms with van der Waals surface area (Å²) in [4.78, 5) is 12.6. The van der Waals surface area contributed by atoms with Crippen LogP contribution in [0.2, 0.25) is 0 Å². The van der Waals surface area contributed by atoms with Crippen LogP contribution in [0.4, 0.5) is 18.0 Å². The van der Waals surface area contributed by atoms with Crippen molar-refractivity contribution in [3.05, 3.63) is 0 Å². The molecule has 0 radical (unpaired) electrons. The minimum atomic E-state index is -4.54. The zero-order valence-electron chi connectivity index (χ0n) is 6.12. The second-order valence-electron chi connectivity index (χ2n) is 2.34. The van der Waals surface area contributed by atoms with Gasteiger partial charge in [-0.25, -0.2) is 9.79 Å². The van der Waals surface area contributed by atoms with Crippen molar-refractivity contribution in [1.82, 2.24) is 10.6 Å². The van der Waals surface area contributed by atoms with Gasteiger partial charge in [0.2, 0.25) is 0 Å². The Kier molecular flexibility index (Phi) is 1.95. The molecule has 0 fully saturated rings. The summed E-state index contributed by atoms with van der Waals surface area (Å²) in [5.74, 6) is -1.13. The molecule has 0 aliphatic carbocycles. The average Bonchev–Trinajstić information content (AvgIpc) is 1.82. The summed E-state index contributed by atoms with van der Waals surface area (Å²) < 4.78 is 35.8. The molecular formula is C5H7F3N3O+. The number of urea groups is 1. The molecule has 0 aromatic heterocycles. The van der Waals surface area contributed by atoms with Gasteiger partial charge in [0.05, 0.1) is 0 Å². The number of hydrogen-bond donors (Lipinski definition) is 3. The number of amidine groups is 1. The van der Waals surface area contributed by atoms with E-state index in [1.54, 1.807) is 5.32 Å². The van der Waals surface area contributed by atoms with E-state index in [1.165, 1.54) is 6.92 Å². The SMILES string of the molecule is CC1NC(=O)NC(C(F)(F)F)=[NH+]1.